The van der Waals surface area contributed by atoms with E-state index >= 15 is 0 Å². The molecule has 1 aromatic heterocycles. The number of thiophene rings is 1. The normalized spacial score (nSPS) is 19.0. The largest absolute Gasteiger partial charge is 0.309 e. The van der Waals surface area contributed by atoms with Crippen LogP contribution in [0.3, 0.4) is 0 Å². The second-order valence-corrected chi connectivity index (χ2v) is 5.67. The zero-order chi connectivity index (χ0) is 11.4. The Morgan fingerprint density at radius 2 is 2.44 bits per heavy atom. The van der Waals surface area contributed by atoms with Gasteiger partial charge < -0.3 is 5.32 Å². The summed E-state index contributed by atoms with van der Waals surface area (Å²) >= 11 is 1.81. The number of hydrogen-bond acceptors (Lipinski definition) is 3. The predicted molar refractivity (Wildman–Crippen MR) is 67.3 cm³/mol. The summed E-state index contributed by atoms with van der Waals surface area (Å²) in [5, 5.41) is 14.5. The molecule has 2 rings (SSSR count). The van der Waals surface area contributed by atoms with Crippen molar-refractivity contribution < 1.29 is 0 Å². The van der Waals surface area contributed by atoms with E-state index in [9.17, 15) is 0 Å². The summed E-state index contributed by atoms with van der Waals surface area (Å²) < 4.78 is 0. The zero-order valence-electron chi connectivity index (χ0n) is 9.70. The van der Waals surface area contributed by atoms with Crippen LogP contribution in [-0.4, -0.2) is 6.54 Å². The summed E-state index contributed by atoms with van der Waals surface area (Å²) in [7, 11) is 0. The molecule has 0 spiro atoms. The molecule has 0 aliphatic heterocycles. The van der Waals surface area contributed by atoms with Gasteiger partial charge in [-0.3, -0.25) is 0 Å². The van der Waals surface area contributed by atoms with Gasteiger partial charge in [0, 0.05) is 23.9 Å². The molecular formula is C13H18N2S. The minimum atomic E-state index is 0.305. The summed E-state index contributed by atoms with van der Waals surface area (Å²) in [6.45, 7) is 3.21. The van der Waals surface area contributed by atoms with E-state index in [1.54, 1.807) is 0 Å². The van der Waals surface area contributed by atoms with Gasteiger partial charge in [0.1, 0.15) is 0 Å². The van der Waals surface area contributed by atoms with Crippen molar-refractivity contribution in [1.82, 2.24) is 5.32 Å². The lowest BCUT2D eigenvalue weighted by Gasteiger charge is -2.19. The highest BCUT2D eigenvalue weighted by Crippen LogP contribution is 2.48. The monoisotopic (exact) mass is 234 g/mol. The Morgan fingerprint density at radius 1 is 1.62 bits per heavy atom. The number of nitrogens with one attached hydrogen (secondary N) is 1. The molecule has 2 nitrogen and oxygen atoms in total. The van der Waals surface area contributed by atoms with Crippen LogP contribution in [0, 0.1) is 16.7 Å². The molecule has 1 atom stereocenters. The van der Waals surface area contributed by atoms with E-state index in [0.29, 0.717) is 17.9 Å². The number of nitrogens with zero attached hydrogens (tertiary/aromatic N) is 1. The van der Waals surface area contributed by atoms with Crippen LogP contribution in [0.5, 0.6) is 0 Å². The van der Waals surface area contributed by atoms with Gasteiger partial charge in [0.2, 0.25) is 0 Å². The zero-order valence-corrected chi connectivity index (χ0v) is 10.5. The first-order chi connectivity index (χ1) is 7.79. The van der Waals surface area contributed by atoms with E-state index in [4.69, 9.17) is 5.26 Å². The van der Waals surface area contributed by atoms with Gasteiger partial charge >= 0.3 is 0 Å². The van der Waals surface area contributed by atoms with E-state index in [1.165, 1.54) is 17.7 Å². The van der Waals surface area contributed by atoms with Crippen molar-refractivity contribution in [3.63, 3.8) is 0 Å². The van der Waals surface area contributed by atoms with Crippen LogP contribution < -0.4 is 5.32 Å². The van der Waals surface area contributed by atoms with Crippen LogP contribution >= 0.6 is 11.3 Å². The highest BCUT2D eigenvalue weighted by Gasteiger charge is 2.42. The standard InChI is InChI=1S/C13H18N2S/c1-2-11(12-4-3-9-16-12)15-10-13(5-6-13)7-8-14/h3-4,9,11,15H,2,5-7,10H2,1H3. The van der Waals surface area contributed by atoms with Crippen LogP contribution in [0.25, 0.3) is 0 Å². The lowest BCUT2D eigenvalue weighted by atomic mass is 10.0. The molecule has 0 saturated heterocycles. The van der Waals surface area contributed by atoms with Crippen molar-refractivity contribution in [2.75, 3.05) is 6.54 Å². The molecule has 1 aromatic rings. The van der Waals surface area contributed by atoms with Crippen LogP contribution in [0.15, 0.2) is 17.5 Å². The first-order valence-electron chi connectivity index (χ1n) is 5.93. The topological polar surface area (TPSA) is 35.8 Å². The molecular weight excluding hydrogens is 216 g/mol. The third-order valence-corrected chi connectivity index (χ3v) is 4.42. The molecule has 1 saturated carbocycles. The molecule has 16 heavy (non-hydrogen) atoms. The van der Waals surface area contributed by atoms with Gasteiger partial charge in [0.25, 0.3) is 0 Å². The van der Waals surface area contributed by atoms with Crippen molar-refractivity contribution >= 4 is 11.3 Å². The van der Waals surface area contributed by atoms with Crippen molar-refractivity contribution in [2.24, 2.45) is 5.41 Å². The maximum atomic E-state index is 8.77. The molecule has 0 amide bonds. The second-order valence-electron chi connectivity index (χ2n) is 4.69. The summed E-state index contributed by atoms with van der Waals surface area (Å²) in [4.78, 5) is 1.41. The van der Waals surface area contributed by atoms with Gasteiger partial charge in [-0.15, -0.1) is 11.3 Å². The molecule has 3 heteroatoms. The first kappa shape index (κ1) is 11.6. The van der Waals surface area contributed by atoms with Crippen LogP contribution in [0.1, 0.15) is 43.5 Å². The second kappa shape index (κ2) is 4.99. The summed E-state index contributed by atoms with van der Waals surface area (Å²) in [6.07, 6.45) is 4.26. The average molecular weight is 234 g/mol. The van der Waals surface area contributed by atoms with Crippen molar-refractivity contribution in [2.45, 2.75) is 38.6 Å². The lowest BCUT2D eigenvalue weighted by Crippen LogP contribution is -2.27. The molecule has 1 aliphatic rings. The maximum Gasteiger partial charge on any atom is 0.0628 e. The molecule has 0 bridgehead atoms. The lowest BCUT2D eigenvalue weighted by molar-refractivity contribution is 0.417. The molecule has 1 fully saturated rings. The average Bonchev–Trinajstić information content (AvgIpc) is 2.84. The molecule has 0 aromatic carbocycles. The van der Waals surface area contributed by atoms with Gasteiger partial charge in [-0.05, 0) is 36.1 Å². The van der Waals surface area contributed by atoms with Crippen molar-refractivity contribution in [1.29, 1.82) is 5.26 Å². The third-order valence-electron chi connectivity index (χ3n) is 3.43. The minimum absolute atomic E-state index is 0.305. The van der Waals surface area contributed by atoms with Gasteiger partial charge in [-0.25, -0.2) is 0 Å². The molecule has 1 unspecified atom stereocenters. The first-order valence-corrected chi connectivity index (χ1v) is 6.81. The van der Waals surface area contributed by atoms with Crippen molar-refractivity contribution in [3.8, 4) is 6.07 Å². The number of nitriles is 1. The summed E-state index contributed by atoms with van der Waals surface area (Å²) in [5.74, 6) is 0. The van der Waals surface area contributed by atoms with Crippen molar-refractivity contribution in [3.05, 3.63) is 22.4 Å². The molecule has 0 radical (unpaired) electrons. The number of hydrogen-bond donors (Lipinski definition) is 1. The fraction of sp³-hybridized carbons (Fsp3) is 0.615. The molecule has 1 aliphatic carbocycles. The van der Waals surface area contributed by atoms with Gasteiger partial charge in [0.05, 0.1) is 6.07 Å². The Labute approximate surface area is 101 Å². The molecule has 86 valence electrons. The maximum absolute atomic E-state index is 8.77. The fourth-order valence-corrected chi connectivity index (χ4v) is 2.92. The van der Waals surface area contributed by atoms with E-state index < -0.39 is 0 Å². The SMILES string of the molecule is CCC(NCC1(CC#N)CC1)c1cccs1. The van der Waals surface area contributed by atoms with Crippen LogP contribution in [-0.2, 0) is 0 Å². The Morgan fingerprint density at radius 3 is 2.94 bits per heavy atom. The molecule has 1 N–H and O–H groups in total. The summed E-state index contributed by atoms with van der Waals surface area (Å²) in [6, 6.07) is 7.07. The van der Waals surface area contributed by atoms with Crippen LogP contribution in [0.2, 0.25) is 0 Å². The quantitative estimate of drug-likeness (QED) is 0.818. The van der Waals surface area contributed by atoms with E-state index in [-0.39, 0.29) is 0 Å². The smallest absolute Gasteiger partial charge is 0.0628 e. The van der Waals surface area contributed by atoms with E-state index in [2.05, 4.69) is 35.8 Å². The Kier molecular flexibility index (Phi) is 3.63. The Balaban J connectivity index is 1.87. The number of rotatable bonds is 6. The predicted octanol–water partition coefficient (Wildman–Crippen LogP) is 3.48. The van der Waals surface area contributed by atoms with Crippen LogP contribution in [0.4, 0.5) is 0 Å². The Hall–Kier alpha value is -0.850. The van der Waals surface area contributed by atoms with Gasteiger partial charge in [-0.1, -0.05) is 13.0 Å². The highest BCUT2D eigenvalue weighted by atomic mass is 32.1. The third kappa shape index (κ3) is 2.63. The fourth-order valence-electron chi connectivity index (χ4n) is 2.04. The van der Waals surface area contributed by atoms with Gasteiger partial charge in [0.15, 0.2) is 0 Å². The minimum Gasteiger partial charge on any atom is -0.309 e. The summed E-state index contributed by atoms with van der Waals surface area (Å²) in [5.41, 5.74) is 0.305. The molecule has 1 heterocycles. The van der Waals surface area contributed by atoms with E-state index in [0.717, 1.165) is 13.0 Å². The van der Waals surface area contributed by atoms with Gasteiger partial charge in [-0.2, -0.15) is 5.26 Å². The Bertz CT molecular complexity index is 360. The van der Waals surface area contributed by atoms with E-state index in [1.807, 2.05) is 11.3 Å². The highest BCUT2D eigenvalue weighted by molar-refractivity contribution is 7.10.